The number of amides is 1. The average molecular weight is 452 g/mol. The minimum atomic E-state index is -0.347. The Labute approximate surface area is 189 Å². The SMILES string of the molecule is COc1c(C)cccc1C(=O)NC(=S)Nc1ccc(-c2nc3cc(Cl)ccc3o2)cc1. The number of carbonyl (C=O) groups is 1. The van der Waals surface area contributed by atoms with E-state index in [1.54, 1.807) is 30.3 Å². The van der Waals surface area contributed by atoms with Crippen molar-refractivity contribution < 1.29 is 13.9 Å². The second-order valence-electron chi connectivity index (χ2n) is 6.77. The van der Waals surface area contributed by atoms with E-state index in [4.69, 9.17) is 33.0 Å². The fourth-order valence-electron chi connectivity index (χ4n) is 3.16. The van der Waals surface area contributed by atoms with Crippen LogP contribution < -0.4 is 15.4 Å². The Bertz CT molecular complexity index is 1290. The van der Waals surface area contributed by atoms with Crippen LogP contribution in [0.25, 0.3) is 22.6 Å². The lowest BCUT2D eigenvalue weighted by Gasteiger charge is -2.13. The number of hydrogen-bond donors (Lipinski definition) is 2. The number of thiocarbonyl (C=S) groups is 1. The highest BCUT2D eigenvalue weighted by atomic mass is 35.5. The van der Waals surface area contributed by atoms with Crippen LogP contribution in [-0.4, -0.2) is 23.1 Å². The van der Waals surface area contributed by atoms with Gasteiger partial charge in [0.15, 0.2) is 10.7 Å². The fourth-order valence-corrected chi connectivity index (χ4v) is 3.53. The first-order chi connectivity index (χ1) is 14.9. The van der Waals surface area contributed by atoms with Crippen molar-refractivity contribution in [2.75, 3.05) is 12.4 Å². The van der Waals surface area contributed by atoms with Gasteiger partial charge in [-0.15, -0.1) is 0 Å². The lowest BCUT2D eigenvalue weighted by Crippen LogP contribution is -2.34. The van der Waals surface area contributed by atoms with Crippen LogP contribution in [0.2, 0.25) is 5.02 Å². The molecule has 0 aliphatic rings. The first-order valence-electron chi connectivity index (χ1n) is 9.37. The number of hydrogen-bond acceptors (Lipinski definition) is 5. The molecular weight excluding hydrogens is 434 g/mol. The van der Waals surface area contributed by atoms with Crippen LogP contribution in [0.1, 0.15) is 15.9 Å². The zero-order chi connectivity index (χ0) is 22.0. The summed E-state index contributed by atoms with van der Waals surface area (Å²) in [5, 5.41) is 6.45. The Morgan fingerprint density at radius 2 is 1.90 bits per heavy atom. The molecule has 0 aliphatic carbocycles. The van der Waals surface area contributed by atoms with Crippen molar-refractivity contribution in [2.24, 2.45) is 0 Å². The zero-order valence-electron chi connectivity index (χ0n) is 16.7. The molecule has 0 unspecified atom stereocenters. The number of para-hydroxylation sites is 1. The summed E-state index contributed by atoms with van der Waals surface area (Å²) in [7, 11) is 1.53. The second kappa shape index (κ2) is 8.75. The Morgan fingerprint density at radius 1 is 1.13 bits per heavy atom. The Balaban J connectivity index is 1.44. The van der Waals surface area contributed by atoms with Gasteiger partial charge in [-0.1, -0.05) is 23.7 Å². The van der Waals surface area contributed by atoms with Crippen molar-refractivity contribution in [3.8, 4) is 17.2 Å². The van der Waals surface area contributed by atoms with Crippen molar-refractivity contribution in [1.82, 2.24) is 10.3 Å². The molecule has 0 radical (unpaired) electrons. The van der Waals surface area contributed by atoms with Crippen molar-refractivity contribution in [1.29, 1.82) is 0 Å². The van der Waals surface area contributed by atoms with Gasteiger partial charge in [0.05, 0.1) is 12.7 Å². The molecule has 0 spiro atoms. The van der Waals surface area contributed by atoms with E-state index in [9.17, 15) is 4.79 Å². The maximum absolute atomic E-state index is 12.6. The number of aryl methyl sites for hydroxylation is 1. The summed E-state index contributed by atoms with van der Waals surface area (Å²) in [5.74, 6) is 0.665. The summed E-state index contributed by atoms with van der Waals surface area (Å²) in [5.41, 5.74) is 4.16. The van der Waals surface area contributed by atoms with Crippen molar-refractivity contribution in [2.45, 2.75) is 6.92 Å². The second-order valence-corrected chi connectivity index (χ2v) is 7.62. The quantitative estimate of drug-likeness (QED) is 0.394. The maximum atomic E-state index is 12.6. The Kier molecular flexibility index (Phi) is 5.88. The summed E-state index contributed by atoms with van der Waals surface area (Å²) in [6.07, 6.45) is 0. The minimum Gasteiger partial charge on any atom is -0.496 e. The molecule has 2 N–H and O–H groups in total. The highest BCUT2D eigenvalue weighted by Crippen LogP contribution is 2.27. The lowest BCUT2D eigenvalue weighted by atomic mass is 10.1. The highest BCUT2D eigenvalue weighted by Gasteiger charge is 2.15. The molecule has 1 heterocycles. The number of aromatic nitrogens is 1. The van der Waals surface area contributed by atoms with E-state index >= 15 is 0 Å². The Morgan fingerprint density at radius 3 is 2.65 bits per heavy atom. The van der Waals surface area contributed by atoms with Crippen molar-refractivity contribution in [3.05, 3.63) is 76.8 Å². The van der Waals surface area contributed by atoms with Crippen LogP contribution in [0.4, 0.5) is 5.69 Å². The number of oxazole rings is 1. The summed E-state index contributed by atoms with van der Waals surface area (Å²) in [6, 6.07) is 18.0. The molecule has 0 fully saturated rings. The van der Waals surface area contributed by atoms with Crippen LogP contribution in [-0.2, 0) is 0 Å². The first-order valence-corrected chi connectivity index (χ1v) is 10.2. The van der Waals surface area contributed by atoms with Crippen LogP contribution in [0, 0.1) is 6.92 Å². The first kappa shape index (κ1) is 20.8. The van der Waals surface area contributed by atoms with Crippen molar-refractivity contribution >= 4 is 51.6 Å². The molecule has 0 saturated heterocycles. The van der Waals surface area contributed by atoms with Gasteiger partial charge in [0.1, 0.15) is 11.3 Å². The number of rotatable bonds is 4. The molecule has 4 aromatic rings. The number of nitrogens with zero attached hydrogens (tertiary/aromatic N) is 1. The molecule has 1 aromatic heterocycles. The van der Waals surface area contributed by atoms with E-state index in [0.717, 1.165) is 11.1 Å². The van der Waals surface area contributed by atoms with Gasteiger partial charge in [-0.2, -0.15) is 0 Å². The summed E-state index contributed by atoms with van der Waals surface area (Å²) < 4.78 is 11.1. The summed E-state index contributed by atoms with van der Waals surface area (Å²) in [4.78, 5) is 17.0. The van der Waals surface area contributed by atoms with Gasteiger partial charge in [0.2, 0.25) is 5.89 Å². The molecule has 0 atom stereocenters. The summed E-state index contributed by atoms with van der Waals surface area (Å²) >= 11 is 11.3. The van der Waals surface area contributed by atoms with E-state index in [0.29, 0.717) is 39.0 Å². The van der Waals surface area contributed by atoms with Crippen LogP contribution in [0.5, 0.6) is 5.75 Å². The third kappa shape index (κ3) is 4.52. The Hall–Kier alpha value is -3.42. The highest BCUT2D eigenvalue weighted by molar-refractivity contribution is 7.80. The topological polar surface area (TPSA) is 76.4 Å². The number of anilines is 1. The molecule has 0 saturated carbocycles. The van der Waals surface area contributed by atoms with E-state index < -0.39 is 0 Å². The molecule has 0 bridgehead atoms. The standard InChI is InChI=1S/C23H18ClN3O3S/c1-13-4-3-5-17(20(13)29-2)21(28)27-23(31)25-16-9-6-14(7-10-16)22-26-18-12-15(24)8-11-19(18)30-22/h3-12H,1-2H3,(H2,25,27,28,31). The number of benzene rings is 3. The predicted octanol–water partition coefficient (Wildman–Crippen LogP) is 5.59. The number of fused-ring (bicyclic) bond motifs is 1. The molecule has 8 heteroatoms. The van der Waals surface area contributed by atoms with Gasteiger partial charge >= 0.3 is 0 Å². The van der Waals surface area contributed by atoms with Gasteiger partial charge in [-0.25, -0.2) is 4.98 Å². The van der Waals surface area contributed by atoms with E-state index in [2.05, 4.69) is 15.6 Å². The third-order valence-electron chi connectivity index (χ3n) is 4.63. The number of ether oxygens (including phenoxy) is 1. The third-order valence-corrected chi connectivity index (χ3v) is 5.07. The fraction of sp³-hybridized carbons (Fsp3) is 0.0870. The lowest BCUT2D eigenvalue weighted by molar-refractivity contribution is 0.0974. The molecule has 156 valence electrons. The largest absolute Gasteiger partial charge is 0.496 e. The van der Waals surface area contributed by atoms with Gasteiger partial charge < -0.3 is 14.5 Å². The zero-order valence-corrected chi connectivity index (χ0v) is 18.3. The van der Waals surface area contributed by atoms with E-state index in [1.165, 1.54) is 7.11 Å². The molecule has 0 aliphatic heterocycles. The minimum absolute atomic E-state index is 0.179. The number of halogens is 1. The molecule has 4 rings (SSSR count). The van der Waals surface area contributed by atoms with Gasteiger partial charge in [-0.05, 0) is 73.2 Å². The van der Waals surface area contributed by atoms with Gasteiger partial charge in [0, 0.05) is 16.3 Å². The monoisotopic (exact) mass is 451 g/mol. The molecule has 6 nitrogen and oxygen atoms in total. The number of methoxy groups -OCH3 is 1. The molecular formula is C23H18ClN3O3S. The van der Waals surface area contributed by atoms with E-state index in [-0.39, 0.29) is 11.0 Å². The van der Waals surface area contributed by atoms with Crippen LogP contribution >= 0.6 is 23.8 Å². The van der Waals surface area contributed by atoms with Crippen LogP contribution in [0.3, 0.4) is 0 Å². The average Bonchev–Trinajstić information content (AvgIpc) is 3.17. The molecule has 1 amide bonds. The van der Waals surface area contributed by atoms with E-state index in [1.807, 2.05) is 37.3 Å². The molecule has 31 heavy (non-hydrogen) atoms. The predicted molar refractivity (Wildman–Crippen MR) is 126 cm³/mol. The normalized spacial score (nSPS) is 10.7. The number of carbonyl (C=O) groups excluding carboxylic acids is 1. The van der Waals surface area contributed by atoms with Gasteiger partial charge in [-0.3, -0.25) is 10.1 Å². The molecule has 3 aromatic carbocycles. The van der Waals surface area contributed by atoms with Gasteiger partial charge in [0.25, 0.3) is 5.91 Å². The summed E-state index contributed by atoms with van der Waals surface area (Å²) in [6.45, 7) is 1.87. The van der Waals surface area contributed by atoms with Crippen LogP contribution in [0.15, 0.2) is 65.1 Å². The maximum Gasteiger partial charge on any atom is 0.261 e. The number of nitrogens with one attached hydrogen (secondary N) is 2. The smallest absolute Gasteiger partial charge is 0.261 e. The van der Waals surface area contributed by atoms with Crippen molar-refractivity contribution in [3.63, 3.8) is 0 Å².